The molecule has 0 aromatic heterocycles. The first-order chi connectivity index (χ1) is 9.88. The van der Waals surface area contributed by atoms with Gasteiger partial charge in [0.1, 0.15) is 5.82 Å². The third kappa shape index (κ3) is 3.53. The van der Waals surface area contributed by atoms with Crippen LogP contribution < -0.4 is 5.32 Å². The number of benzene rings is 1. The zero-order valence-corrected chi connectivity index (χ0v) is 11.6. The van der Waals surface area contributed by atoms with E-state index in [4.69, 9.17) is 0 Å². The molecule has 1 fully saturated rings. The number of hydrogen-bond donors (Lipinski definition) is 1. The standard InChI is InChI=1S/C14H16F2N2O3/c1-8-2-3-9(4-8)7-17-14(19)11-5-10(15)6-12(13(11)16)18(20)21/h5-6,8-9H,2-4,7H2,1H3,(H,17,19). The van der Waals surface area contributed by atoms with Crippen molar-refractivity contribution in [1.82, 2.24) is 5.32 Å². The second-order valence-corrected chi connectivity index (χ2v) is 5.54. The Bertz CT molecular complexity index is 578. The van der Waals surface area contributed by atoms with E-state index < -0.39 is 33.7 Å². The summed E-state index contributed by atoms with van der Waals surface area (Å²) in [6.07, 6.45) is 3.04. The Morgan fingerprint density at radius 2 is 2.14 bits per heavy atom. The molecular formula is C14H16F2N2O3. The lowest BCUT2D eigenvalue weighted by Crippen LogP contribution is -2.29. The second-order valence-electron chi connectivity index (χ2n) is 5.54. The van der Waals surface area contributed by atoms with Crippen LogP contribution in [0.5, 0.6) is 0 Å². The summed E-state index contributed by atoms with van der Waals surface area (Å²) in [5, 5.41) is 13.1. The molecule has 1 aliphatic carbocycles. The Hall–Kier alpha value is -2.05. The summed E-state index contributed by atoms with van der Waals surface area (Å²) in [4.78, 5) is 21.5. The SMILES string of the molecule is CC1CCC(CNC(=O)c2cc(F)cc([N+](=O)[O-])c2F)C1. The number of nitrogens with zero attached hydrogens (tertiary/aromatic N) is 1. The van der Waals surface area contributed by atoms with Gasteiger partial charge in [-0.15, -0.1) is 0 Å². The maximum Gasteiger partial charge on any atom is 0.308 e. The summed E-state index contributed by atoms with van der Waals surface area (Å²) in [7, 11) is 0. The zero-order valence-electron chi connectivity index (χ0n) is 11.6. The highest BCUT2D eigenvalue weighted by Crippen LogP contribution is 2.29. The van der Waals surface area contributed by atoms with Gasteiger partial charge in [-0.3, -0.25) is 14.9 Å². The number of amides is 1. The average Bonchev–Trinajstić information content (AvgIpc) is 2.83. The van der Waals surface area contributed by atoms with Gasteiger partial charge >= 0.3 is 5.69 Å². The number of rotatable bonds is 4. The van der Waals surface area contributed by atoms with E-state index in [1.165, 1.54) is 0 Å². The molecule has 0 radical (unpaired) electrons. The fraction of sp³-hybridized carbons (Fsp3) is 0.500. The maximum atomic E-state index is 13.8. The molecule has 1 aliphatic rings. The lowest BCUT2D eigenvalue weighted by molar-refractivity contribution is -0.387. The summed E-state index contributed by atoms with van der Waals surface area (Å²) in [6, 6.07) is 1.14. The van der Waals surface area contributed by atoms with Gasteiger partial charge in [0.2, 0.25) is 5.82 Å². The van der Waals surface area contributed by atoms with Crippen LogP contribution in [0.3, 0.4) is 0 Å². The predicted octanol–water partition coefficient (Wildman–Crippen LogP) is 3.04. The van der Waals surface area contributed by atoms with Crippen LogP contribution in [0.2, 0.25) is 0 Å². The van der Waals surface area contributed by atoms with Gasteiger partial charge in [-0.1, -0.05) is 13.3 Å². The quantitative estimate of drug-likeness (QED) is 0.686. The minimum absolute atomic E-state index is 0.315. The van der Waals surface area contributed by atoms with E-state index in [2.05, 4.69) is 12.2 Å². The van der Waals surface area contributed by atoms with Gasteiger partial charge in [0.05, 0.1) is 16.6 Å². The van der Waals surface area contributed by atoms with Crippen molar-refractivity contribution >= 4 is 11.6 Å². The Kier molecular flexibility index (Phi) is 4.50. The summed E-state index contributed by atoms with van der Waals surface area (Å²) in [6.45, 7) is 2.49. The number of nitro benzene ring substituents is 1. The lowest BCUT2D eigenvalue weighted by Gasteiger charge is -2.11. The van der Waals surface area contributed by atoms with Crippen molar-refractivity contribution in [1.29, 1.82) is 0 Å². The van der Waals surface area contributed by atoms with Crippen LogP contribution in [0, 0.1) is 33.6 Å². The smallest absolute Gasteiger partial charge is 0.308 e. The fourth-order valence-electron chi connectivity index (χ4n) is 2.72. The van der Waals surface area contributed by atoms with Gasteiger partial charge in [-0.25, -0.2) is 4.39 Å². The van der Waals surface area contributed by atoms with Crippen molar-refractivity contribution in [2.45, 2.75) is 26.2 Å². The van der Waals surface area contributed by atoms with Crippen molar-refractivity contribution in [3.05, 3.63) is 39.4 Å². The highest BCUT2D eigenvalue weighted by Gasteiger charge is 2.26. The molecule has 2 atom stereocenters. The topological polar surface area (TPSA) is 72.2 Å². The van der Waals surface area contributed by atoms with Gasteiger partial charge in [-0.2, -0.15) is 4.39 Å². The Morgan fingerprint density at radius 3 is 2.71 bits per heavy atom. The normalized spacial score (nSPS) is 21.3. The number of halogens is 2. The molecule has 2 rings (SSSR count). The number of carbonyl (C=O) groups is 1. The molecular weight excluding hydrogens is 282 g/mol. The second kappa shape index (κ2) is 6.15. The molecule has 2 unspecified atom stereocenters. The first-order valence-electron chi connectivity index (χ1n) is 6.80. The average molecular weight is 298 g/mol. The van der Waals surface area contributed by atoms with E-state index in [-0.39, 0.29) is 0 Å². The van der Waals surface area contributed by atoms with Crippen LogP contribution in [0.1, 0.15) is 36.5 Å². The molecule has 0 bridgehead atoms. The van der Waals surface area contributed by atoms with Crippen molar-refractivity contribution < 1.29 is 18.5 Å². The summed E-state index contributed by atoms with van der Waals surface area (Å²) in [5.74, 6) is -2.23. The van der Waals surface area contributed by atoms with E-state index >= 15 is 0 Å². The molecule has 0 heterocycles. The number of nitrogens with one attached hydrogen (secondary N) is 1. The molecule has 0 spiro atoms. The minimum atomic E-state index is -1.31. The van der Waals surface area contributed by atoms with Crippen LogP contribution in [-0.2, 0) is 0 Å². The van der Waals surface area contributed by atoms with Crippen LogP contribution in [0.15, 0.2) is 12.1 Å². The summed E-state index contributed by atoms with van der Waals surface area (Å²) >= 11 is 0. The van der Waals surface area contributed by atoms with Crippen molar-refractivity contribution in [3.8, 4) is 0 Å². The Morgan fingerprint density at radius 1 is 1.43 bits per heavy atom. The van der Waals surface area contributed by atoms with Gasteiger partial charge in [-0.05, 0) is 30.7 Å². The Balaban J connectivity index is 2.10. The highest BCUT2D eigenvalue weighted by molar-refractivity contribution is 5.95. The van der Waals surface area contributed by atoms with Crippen molar-refractivity contribution in [2.24, 2.45) is 11.8 Å². The van der Waals surface area contributed by atoms with Crippen molar-refractivity contribution in [2.75, 3.05) is 6.54 Å². The zero-order chi connectivity index (χ0) is 15.6. The van der Waals surface area contributed by atoms with E-state index in [1.807, 2.05) is 0 Å². The van der Waals surface area contributed by atoms with Crippen LogP contribution >= 0.6 is 0 Å². The molecule has 1 aromatic carbocycles. The summed E-state index contributed by atoms with van der Waals surface area (Å²) < 4.78 is 27.1. The van der Waals surface area contributed by atoms with Gasteiger partial charge < -0.3 is 5.32 Å². The molecule has 0 saturated heterocycles. The maximum absolute atomic E-state index is 13.8. The number of nitro groups is 1. The number of carbonyl (C=O) groups excluding carboxylic acids is 1. The molecule has 1 aromatic rings. The molecule has 1 N–H and O–H groups in total. The Labute approximate surface area is 120 Å². The largest absolute Gasteiger partial charge is 0.352 e. The molecule has 0 aliphatic heterocycles. The van der Waals surface area contributed by atoms with Crippen molar-refractivity contribution in [3.63, 3.8) is 0 Å². The fourth-order valence-corrected chi connectivity index (χ4v) is 2.72. The van der Waals surface area contributed by atoms with Gasteiger partial charge in [0.15, 0.2) is 0 Å². The van der Waals surface area contributed by atoms with Gasteiger partial charge in [0.25, 0.3) is 5.91 Å². The highest BCUT2D eigenvalue weighted by atomic mass is 19.1. The third-order valence-electron chi connectivity index (χ3n) is 3.81. The molecule has 1 amide bonds. The first-order valence-corrected chi connectivity index (χ1v) is 6.80. The van der Waals surface area contributed by atoms with E-state index in [9.17, 15) is 23.7 Å². The van der Waals surface area contributed by atoms with E-state index in [0.717, 1.165) is 19.3 Å². The van der Waals surface area contributed by atoms with Crippen LogP contribution in [0.25, 0.3) is 0 Å². The minimum Gasteiger partial charge on any atom is -0.352 e. The summed E-state index contributed by atoms with van der Waals surface area (Å²) in [5.41, 5.74) is -1.66. The molecule has 1 saturated carbocycles. The lowest BCUT2D eigenvalue weighted by atomic mass is 10.1. The van der Waals surface area contributed by atoms with E-state index in [1.54, 1.807) is 0 Å². The molecule has 114 valence electrons. The van der Waals surface area contributed by atoms with E-state index in [0.29, 0.717) is 30.5 Å². The molecule has 7 heteroatoms. The third-order valence-corrected chi connectivity index (χ3v) is 3.81. The van der Waals surface area contributed by atoms with Crippen LogP contribution in [0.4, 0.5) is 14.5 Å². The molecule has 21 heavy (non-hydrogen) atoms. The first kappa shape index (κ1) is 15.3. The molecule has 5 nitrogen and oxygen atoms in total. The monoisotopic (exact) mass is 298 g/mol. The van der Waals surface area contributed by atoms with Crippen LogP contribution in [-0.4, -0.2) is 17.4 Å². The predicted molar refractivity (Wildman–Crippen MR) is 71.9 cm³/mol. The number of hydrogen-bond acceptors (Lipinski definition) is 3. The van der Waals surface area contributed by atoms with Gasteiger partial charge in [0, 0.05) is 6.54 Å².